The zero-order valence-corrected chi connectivity index (χ0v) is 17.1. The fourth-order valence-electron chi connectivity index (χ4n) is 2.77. The summed E-state index contributed by atoms with van der Waals surface area (Å²) in [5, 5.41) is 3.35. The lowest BCUT2D eigenvalue weighted by Crippen LogP contribution is -1.96. The minimum atomic E-state index is 0.918. The Kier molecular flexibility index (Phi) is 7.81. The number of hydrogen-bond acceptors (Lipinski definition) is 2. The molecule has 0 aromatic heterocycles. The van der Waals surface area contributed by atoms with E-state index in [1.165, 1.54) is 22.3 Å². The van der Waals surface area contributed by atoms with Gasteiger partial charge in [0.2, 0.25) is 0 Å². The molecule has 0 atom stereocenters. The largest absolute Gasteiger partial charge is 0.385 e. The summed E-state index contributed by atoms with van der Waals surface area (Å²) in [7, 11) is 0. The van der Waals surface area contributed by atoms with Crippen molar-refractivity contribution < 1.29 is 0 Å². The summed E-state index contributed by atoms with van der Waals surface area (Å²) in [4.78, 5) is 4.67. The average Bonchev–Trinajstić information content (AvgIpc) is 2.67. The quantitative estimate of drug-likeness (QED) is 0.422. The van der Waals surface area contributed by atoms with Crippen molar-refractivity contribution in [1.29, 1.82) is 0 Å². The van der Waals surface area contributed by atoms with Crippen LogP contribution in [0.1, 0.15) is 44.4 Å². The van der Waals surface area contributed by atoms with Crippen LogP contribution >= 0.6 is 0 Å². The molecule has 140 valence electrons. The second-order valence-corrected chi connectivity index (χ2v) is 6.66. The van der Waals surface area contributed by atoms with Crippen LogP contribution in [0.3, 0.4) is 0 Å². The second-order valence-electron chi connectivity index (χ2n) is 6.66. The number of benzene rings is 2. The number of aliphatic imine (C=N–C) groups is 1. The maximum Gasteiger partial charge on any atom is 0.0378 e. The lowest BCUT2D eigenvalue weighted by molar-refractivity contribution is 1.21. The van der Waals surface area contributed by atoms with Gasteiger partial charge in [-0.2, -0.15) is 0 Å². The third-order valence-electron chi connectivity index (χ3n) is 4.26. The van der Waals surface area contributed by atoms with E-state index in [2.05, 4.69) is 97.8 Å². The molecule has 0 unspecified atom stereocenters. The highest BCUT2D eigenvalue weighted by Gasteiger charge is 2.00. The molecule has 0 saturated heterocycles. The third kappa shape index (κ3) is 6.41. The van der Waals surface area contributed by atoms with E-state index in [9.17, 15) is 0 Å². The summed E-state index contributed by atoms with van der Waals surface area (Å²) < 4.78 is 0. The standard InChI is InChI=1S/C25H30N2/c1-6-9-24(22-14-12-19(3)13-15-22)16-21(5)27-18-20(4)23-10-8-11-25(17-23)26-7-2/h6,8-18,26H,7H2,1-5H3/b9-6-,20-18+,24-16+,27-21+. The van der Waals surface area contributed by atoms with Gasteiger partial charge in [-0.15, -0.1) is 0 Å². The Labute approximate surface area is 164 Å². The van der Waals surface area contributed by atoms with Crippen LogP contribution in [0.2, 0.25) is 0 Å². The fourth-order valence-corrected chi connectivity index (χ4v) is 2.77. The molecule has 0 fully saturated rings. The molecule has 0 amide bonds. The molecule has 0 aliphatic rings. The Morgan fingerprint density at radius 1 is 1.04 bits per heavy atom. The van der Waals surface area contributed by atoms with E-state index in [-0.39, 0.29) is 0 Å². The molecule has 2 aromatic carbocycles. The van der Waals surface area contributed by atoms with Crippen molar-refractivity contribution in [1.82, 2.24) is 0 Å². The first-order valence-electron chi connectivity index (χ1n) is 9.50. The predicted octanol–water partition coefficient (Wildman–Crippen LogP) is 6.91. The highest BCUT2D eigenvalue weighted by Crippen LogP contribution is 2.19. The maximum atomic E-state index is 4.67. The molecule has 0 bridgehead atoms. The molecule has 27 heavy (non-hydrogen) atoms. The fraction of sp³-hybridized carbons (Fsp3) is 0.240. The normalized spacial score (nSPS) is 13.3. The van der Waals surface area contributed by atoms with E-state index >= 15 is 0 Å². The predicted molar refractivity (Wildman–Crippen MR) is 121 cm³/mol. The molecule has 2 nitrogen and oxygen atoms in total. The highest BCUT2D eigenvalue weighted by molar-refractivity contribution is 6.01. The number of anilines is 1. The van der Waals surface area contributed by atoms with E-state index < -0.39 is 0 Å². The molecule has 2 rings (SSSR count). The van der Waals surface area contributed by atoms with Crippen LogP contribution in [0.25, 0.3) is 11.1 Å². The third-order valence-corrected chi connectivity index (χ3v) is 4.26. The second kappa shape index (κ2) is 10.3. The van der Waals surface area contributed by atoms with Gasteiger partial charge in [-0.3, -0.25) is 4.99 Å². The first-order valence-corrected chi connectivity index (χ1v) is 9.50. The number of hydrogen-bond donors (Lipinski definition) is 1. The van der Waals surface area contributed by atoms with Crippen molar-refractivity contribution in [2.75, 3.05) is 11.9 Å². The molecular weight excluding hydrogens is 328 g/mol. The summed E-state index contributed by atoms with van der Waals surface area (Å²) in [6, 6.07) is 17.0. The maximum absolute atomic E-state index is 4.67. The zero-order chi connectivity index (χ0) is 19.6. The minimum Gasteiger partial charge on any atom is -0.385 e. The van der Waals surface area contributed by atoms with Gasteiger partial charge < -0.3 is 5.32 Å². The first-order chi connectivity index (χ1) is 13.0. The molecular formula is C25H30N2. The Morgan fingerprint density at radius 2 is 1.78 bits per heavy atom. The van der Waals surface area contributed by atoms with Crippen LogP contribution < -0.4 is 5.32 Å². The van der Waals surface area contributed by atoms with E-state index in [0.717, 1.165) is 23.5 Å². The zero-order valence-electron chi connectivity index (χ0n) is 17.1. The lowest BCUT2D eigenvalue weighted by atomic mass is 10.0. The van der Waals surface area contributed by atoms with Gasteiger partial charge in [0, 0.05) is 24.1 Å². The Hall–Kier alpha value is -2.87. The molecule has 1 N–H and O–H groups in total. The molecule has 0 radical (unpaired) electrons. The summed E-state index contributed by atoms with van der Waals surface area (Å²) in [5.74, 6) is 0. The highest BCUT2D eigenvalue weighted by atomic mass is 14.8. The number of rotatable bonds is 7. The Bertz CT molecular complexity index is 865. The van der Waals surface area contributed by atoms with Gasteiger partial charge in [0.15, 0.2) is 0 Å². The molecule has 0 spiro atoms. The number of aryl methyl sites for hydroxylation is 1. The van der Waals surface area contributed by atoms with E-state index in [1.54, 1.807) is 0 Å². The minimum absolute atomic E-state index is 0.918. The van der Waals surface area contributed by atoms with Crippen LogP contribution in [0, 0.1) is 6.92 Å². The van der Waals surface area contributed by atoms with Gasteiger partial charge in [0.25, 0.3) is 0 Å². The molecule has 0 heterocycles. The molecule has 0 aliphatic heterocycles. The van der Waals surface area contributed by atoms with Crippen LogP contribution in [0.5, 0.6) is 0 Å². The first kappa shape index (κ1) is 20.4. The average molecular weight is 359 g/mol. The van der Waals surface area contributed by atoms with E-state index in [0.29, 0.717) is 0 Å². The van der Waals surface area contributed by atoms with Crippen molar-refractivity contribution in [2.45, 2.75) is 34.6 Å². The van der Waals surface area contributed by atoms with E-state index in [4.69, 9.17) is 0 Å². The van der Waals surface area contributed by atoms with Gasteiger partial charge >= 0.3 is 0 Å². The molecule has 0 saturated carbocycles. The van der Waals surface area contributed by atoms with Gasteiger partial charge in [-0.05, 0) is 75.1 Å². The summed E-state index contributed by atoms with van der Waals surface area (Å²) >= 11 is 0. The van der Waals surface area contributed by atoms with Gasteiger partial charge in [0.05, 0.1) is 0 Å². The summed E-state index contributed by atoms with van der Waals surface area (Å²) in [6.07, 6.45) is 8.26. The number of nitrogens with one attached hydrogen (secondary N) is 1. The van der Waals surface area contributed by atoms with Crippen molar-refractivity contribution >= 4 is 22.5 Å². The molecule has 0 aliphatic carbocycles. The molecule has 2 heteroatoms. The van der Waals surface area contributed by atoms with Gasteiger partial charge in [0.1, 0.15) is 0 Å². The van der Waals surface area contributed by atoms with Crippen LogP contribution in [-0.4, -0.2) is 12.3 Å². The Morgan fingerprint density at radius 3 is 2.44 bits per heavy atom. The summed E-state index contributed by atoms with van der Waals surface area (Å²) in [5.41, 5.74) is 8.07. The van der Waals surface area contributed by atoms with Crippen molar-refractivity contribution in [3.63, 3.8) is 0 Å². The number of allylic oxidation sites excluding steroid dienone is 5. The Balaban J connectivity index is 2.25. The number of nitrogens with zero attached hydrogens (tertiary/aromatic N) is 1. The SMILES string of the molecule is C\C=C/C(=C\C(C)=N\C=C(/C)c1cccc(NCC)c1)c1ccc(C)cc1. The monoisotopic (exact) mass is 358 g/mol. The topological polar surface area (TPSA) is 24.4 Å². The van der Waals surface area contributed by atoms with Crippen LogP contribution in [0.4, 0.5) is 5.69 Å². The van der Waals surface area contributed by atoms with Crippen molar-refractivity contribution in [3.8, 4) is 0 Å². The van der Waals surface area contributed by atoms with E-state index in [1.807, 2.05) is 20.0 Å². The van der Waals surface area contributed by atoms with Crippen LogP contribution in [0.15, 0.2) is 78.0 Å². The van der Waals surface area contributed by atoms with Crippen molar-refractivity contribution in [2.24, 2.45) is 4.99 Å². The summed E-state index contributed by atoms with van der Waals surface area (Å²) in [6.45, 7) is 11.3. The lowest BCUT2D eigenvalue weighted by Gasteiger charge is -2.06. The van der Waals surface area contributed by atoms with Crippen molar-refractivity contribution in [3.05, 3.63) is 89.6 Å². The van der Waals surface area contributed by atoms with Gasteiger partial charge in [-0.25, -0.2) is 0 Å². The van der Waals surface area contributed by atoms with Crippen LogP contribution in [-0.2, 0) is 0 Å². The van der Waals surface area contributed by atoms with Gasteiger partial charge in [-0.1, -0.05) is 54.1 Å². The smallest absolute Gasteiger partial charge is 0.0378 e. The molecule has 2 aromatic rings.